The minimum absolute atomic E-state index is 0.555. The van der Waals surface area contributed by atoms with E-state index in [9.17, 15) is 4.57 Å². The molecule has 0 heterocycles. The molecule has 0 N–H and O–H groups in total. The van der Waals surface area contributed by atoms with Crippen LogP contribution in [0.2, 0.25) is 0 Å². The van der Waals surface area contributed by atoms with Gasteiger partial charge in [0.15, 0.2) is 0 Å². The van der Waals surface area contributed by atoms with Crippen molar-refractivity contribution < 1.29 is 26.5 Å². The van der Waals surface area contributed by atoms with Crippen molar-refractivity contribution in [2.45, 2.75) is 5.53 Å². The predicted molar refractivity (Wildman–Crippen MR) is 50.0 cm³/mol. The molecule has 86 valence electrons. The van der Waals surface area contributed by atoms with Gasteiger partial charge in [0.25, 0.3) is 0 Å². The van der Waals surface area contributed by atoms with Crippen LogP contribution in [-0.2, 0) is 26.5 Å². The molecule has 0 saturated carbocycles. The smallest absolute Gasteiger partial charge is 0.308 e. The van der Waals surface area contributed by atoms with E-state index in [1.54, 1.807) is 0 Å². The minimum Gasteiger partial charge on any atom is -0.308 e. The Labute approximate surface area is 96.3 Å². The molecule has 0 amide bonds. The van der Waals surface area contributed by atoms with Crippen molar-refractivity contribution in [1.82, 2.24) is 0 Å². The van der Waals surface area contributed by atoms with Crippen LogP contribution in [0.4, 0.5) is 0 Å². The average molecular weight is 289 g/mol. The molecule has 0 saturated heterocycles. The first-order chi connectivity index (χ1) is 6.55. The first-order valence-electron chi connectivity index (χ1n) is 3.10. The van der Waals surface area contributed by atoms with Gasteiger partial charge in [-0.15, -0.1) is 0 Å². The summed E-state index contributed by atoms with van der Waals surface area (Å²) in [5.41, 5.74) is -2.12. The monoisotopic (exact) mass is 288 g/mol. The maximum Gasteiger partial charge on any atom is 0.394 e. The van der Waals surface area contributed by atoms with Gasteiger partial charge < -0.3 is 9.05 Å². The fourth-order valence-electron chi connectivity index (χ4n) is 0.642. The van der Waals surface area contributed by atoms with Gasteiger partial charge in [-0.1, -0.05) is 0 Å². The van der Waals surface area contributed by atoms with Crippen molar-refractivity contribution in [2.75, 3.05) is 20.8 Å². The third kappa shape index (κ3) is 2.72. The van der Waals surface area contributed by atoms with E-state index in [1.165, 1.54) is 0 Å². The first kappa shape index (κ1) is 14.9. The first-order valence-corrected chi connectivity index (χ1v) is 5.57. The molecule has 0 radical (unpaired) electrons. The van der Waals surface area contributed by atoms with Crippen molar-refractivity contribution in [3.63, 3.8) is 0 Å². The molecule has 10 heteroatoms. The van der Waals surface area contributed by atoms with Gasteiger partial charge in [-0.25, -0.2) is 8.58 Å². The Kier molecular flexibility index (Phi) is 6.89. The second kappa shape index (κ2) is 6.48. The molecule has 0 fully saturated rings. The molecule has 0 unspecified atom stereocenters. The van der Waals surface area contributed by atoms with Gasteiger partial charge >= 0.3 is 13.1 Å². The molecule has 0 aromatic carbocycles. The summed E-state index contributed by atoms with van der Waals surface area (Å²) in [5, 5.41) is 0. The van der Waals surface area contributed by atoms with Crippen LogP contribution in [0.1, 0.15) is 0 Å². The predicted octanol–water partition coefficient (Wildman–Crippen LogP) is 2.64. The average Bonchev–Trinajstić information content (AvgIpc) is 2.24. The lowest BCUT2D eigenvalue weighted by molar-refractivity contribution is -0.0791. The molecule has 0 aliphatic heterocycles. The van der Waals surface area contributed by atoms with E-state index in [4.69, 9.17) is 35.6 Å². The minimum atomic E-state index is -3.86. The summed E-state index contributed by atoms with van der Waals surface area (Å²) in [6, 6.07) is 0. The molecule has 6 nitrogen and oxygen atoms in total. The van der Waals surface area contributed by atoms with E-state index in [1.807, 2.05) is 0 Å². The number of hydrogen-bond acceptors (Lipinski definition) is 6. The zero-order valence-corrected chi connectivity index (χ0v) is 10.4. The summed E-state index contributed by atoms with van der Waals surface area (Å²) >= 11 is 15.1. The van der Waals surface area contributed by atoms with E-state index in [0.29, 0.717) is 0 Å². The van der Waals surface area contributed by atoms with Crippen LogP contribution in [0.3, 0.4) is 0 Å². The highest BCUT2D eigenvalue weighted by Crippen LogP contribution is 2.61. The zero-order chi connectivity index (χ0) is 11.2. The quantitative estimate of drug-likeness (QED) is 0.530. The Bertz CT molecular complexity index is 201. The number of halogens is 3. The molecular weight excluding hydrogens is 281 g/mol. The molecule has 0 bridgehead atoms. The molecule has 0 aliphatic rings. The maximum absolute atomic E-state index is 11.8. The second-order valence-corrected chi connectivity index (χ2v) is 4.92. The van der Waals surface area contributed by atoms with E-state index in [0.717, 1.165) is 14.2 Å². The zero-order valence-electron chi connectivity index (χ0n) is 7.24. The summed E-state index contributed by atoms with van der Waals surface area (Å²) in [4.78, 5) is 0. The fraction of sp³-hybridized carbons (Fsp3) is 1.00. The van der Waals surface area contributed by atoms with Gasteiger partial charge in [0.1, 0.15) is 6.61 Å². The van der Waals surface area contributed by atoms with E-state index >= 15 is 0 Å². The van der Waals surface area contributed by atoms with Crippen molar-refractivity contribution in [3.05, 3.63) is 0 Å². The highest BCUT2D eigenvalue weighted by atomic mass is 35.5. The lowest BCUT2D eigenvalue weighted by Gasteiger charge is -2.29. The second-order valence-electron chi connectivity index (χ2n) is 1.98. The lowest BCUT2D eigenvalue weighted by Crippen LogP contribution is -2.36. The Balaban J connectivity index is 5.03. The maximum atomic E-state index is 11.8. The third-order valence-corrected chi connectivity index (χ3v) is 4.31. The van der Waals surface area contributed by atoms with Gasteiger partial charge in [-0.3, -0.25) is 8.85 Å². The van der Waals surface area contributed by atoms with Gasteiger partial charge in [0.05, 0.1) is 35.6 Å². The van der Waals surface area contributed by atoms with Crippen LogP contribution in [0.15, 0.2) is 0 Å². The van der Waals surface area contributed by atoms with Gasteiger partial charge in [0, 0.05) is 14.2 Å². The number of hydrogen-bond donors (Lipinski definition) is 0. The molecule has 0 atom stereocenters. The SMILES string of the molecule is COP(=O)(OC)C(COCl)(OCl)OCl. The van der Waals surface area contributed by atoms with Gasteiger partial charge in [-0.2, -0.15) is 0 Å². The Morgan fingerprint density at radius 2 is 1.57 bits per heavy atom. The molecule has 0 aliphatic carbocycles. The number of rotatable bonds is 7. The molecule has 0 rings (SSSR count). The molecule has 0 aromatic heterocycles. The Hall–Kier alpha value is 0.900. The van der Waals surface area contributed by atoms with Crippen molar-refractivity contribution >= 4 is 43.2 Å². The Morgan fingerprint density at radius 1 is 1.14 bits per heavy atom. The Morgan fingerprint density at radius 3 is 1.79 bits per heavy atom. The summed E-state index contributed by atoms with van der Waals surface area (Å²) in [7, 11) is -1.66. The normalized spacial score (nSPS) is 13.2. The standard InChI is InChI=1S/C4H8Cl3O6P/c1-9-14(8,10-2)4(12-6,13-7)3-11-5/h3H2,1-2H3. The largest absolute Gasteiger partial charge is 0.394 e. The molecule has 14 heavy (non-hydrogen) atoms. The fourth-order valence-corrected chi connectivity index (χ4v) is 2.65. The lowest BCUT2D eigenvalue weighted by atomic mass is 10.7. The van der Waals surface area contributed by atoms with E-state index < -0.39 is 19.7 Å². The van der Waals surface area contributed by atoms with Crippen LogP contribution < -0.4 is 0 Å². The third-order valence-electron chi connectivity index (χ3n) is 1.38. The van der Waals surface area contributed by atoms with Gasteiger partial charge in [-0.05, 0) is 0 Å². The van der Waals surface area contributed by atoms with Crippen LogP contribution in [-0.4, -0.2) is 26.4 Å². The van der Waals surface area contributed by atoms with Crippen LogP contribution >= 0.6 is 43.2 Å². The summed E-state index contributed by atoms with van der Waals surface area (Å²) < 4.78 is 33.6. The van der Waals surface area contributed by atoms with Crippen molar-refractivity contribution in [2.24, 2.45) is 0 Å². The van der Waals surface area contributed by atoms with Crippen molar-refractivity contribution in [3.8, 4) is 0 Å². The molecular formula is C4H8Cl3O6P. The highest BCUT2D eigenvalue weighted by Gasteiger charge is 2.55. The summed E-state index contributed by atoms with van der Waals surface area (Å²) in [6.07, 6.45) is 0. The molecule has 0 spiro atoms. The van der Waals surface area contributed by atoms with Gasteiger partial charge in [0.2, 0.25) is 0 Å². The van der Waals surface area contributed by atoms with Crippen LogP contribution in [0.25, 0.3) is 0 Å². The summed E-state index contributed by atoms with van der Waals surface area (Å²) in [6.45, 7) is -0.555. The van der Waals surface area contributed by atoms with E-state index in [-0.39, 0.29) is 0 Å². The van der Waals surface area contributed by atoms with Crippen LogP contribution in [0, 0.1) is 0 Å². The topological polar surface area (TPSA) is 63.2 Å². The van der Waals surface area contributed by atoms with Crippen LogP contribution in [0.5, 0.6) is 0 Å². The van der Waals surface area contributed by atoms with E-state index in [2.05, 4.69) is 21.9 Å². The molecule has 0 aromatic rings. The van der Waals surface area contributed by atoms with Crippen molar-refractivity contribution in [1.29, 1.82) is 0 Å². The summed E-state index contributed by atoms with van der Waals surface area (Å²) in [5.74, 6) is 0. The highest BCUT2D eigenvalue weighted by molar-refractivity contribution is 7.55.